The van der Waals surface area contributed by atoms with E-state index in [0.29, 0.717) is 33.8 Å². The van der Waals surface area contributed by atoms with Gasteiger partial charge in [-0.15, -0.1) is 0 Å². The Hall–Kier alpha value is -4.48. The number of carbonyl (C=O) groups is 1. The van der Waals surface area contributed by atoms with Crippen LogP contribution in [0.3, 0.4) is 0 Å². The first-order chi connectivity index (χ1) is 19.3. The number of aromatic nitrogens is 3. The summed E-state index contributed by atoms with van der Waals surface area (Å²) in [6.07, 6.45) is 0. The predicted octanol–water partition coefficient (Wildman–Crippen LogP) is 5.95. The van der Waals surface area contributed by atoms with Crippen LogP contribution in [0.25, 0.3) is 22.6 Å². The zero-order chi connectivity index (χ0) is 28.1. The van der Waals surface area contributed by atoms with Gasteiger partial charge in [-0.25, -0.2) is 28.1 Å². The predicted molar refractivity (Wildman–Crippen MR) is 155 cm³/mol. The van der Waals surface area contributed by atoms with Gasteiger partial charge >= 0.3 is 0 Å². The molecule has 5 aromatic rings. The molecule has 0 aliphatic heterocycles. The van der Waals surface area contributed by atoms with Crippen molar-refractivity contribution in [3.63, 3.8) is 0 Å². The lowest BCUT2D eigenvalue weighted by molar-refractivity contribution is -0.113. The van der Waals surface area contributed by atoms with E-state index in [4.69, 9.17) is 4.42 Å². The monoisotopic (exact) mass is 571 g/mol. The maximum Gasteiger partial charge on any atom is 0.264 e. The fourth-order valence-electron chi connectivity index (χ4n) is 3.93. The normalized spacial score (nSPS) is 11.2. The summed E-state index contributed by atoms with van der Waals surface area (Å²) in [5.41, 5.74) is 4.26. The largest absolute Gasteiger partial charge is 0.431 e. The van der Waals surface area contributed by atoms with E-state index in [2.05, 4.69) is 25.0 Å². The first-order valence-corrected chi connectivity index (χ1v) is 14.7. The van der Waals surface area contributed by atoms with Gasteiger partial charge in [0.25, 0.3) is 15.2 Å². The second-order valence-electron chi connectivity index (χ2n) is 8.83. The lowest BCUT2D eigenvalue weighted by Crippen LogP contribution is -2.16. The zero-order valence-electron chi connectivity index (χ0n) is 21.7. The van der Waals surface area contributed by atoms with Crippen LogP contribution in [0.1, 0.15) is 11.4 Å². The van der Waals surface area contributed by atoms with Crippen LogP contribution in [0, 0.1) is 13.8 Å². The van der Waals surface area contributed by atoms with Crippen LogP contribution >= 0.6 is 11.8 Å². The molecule has 0 unspecified atom stereocenters. The van der Waals surface area contributed by atoms with Crippen molar-refractivity contribution in [2.24, 2.45) is 0 Å². The molecule has 0 aliphatic carbocycles. The van der Waals surface area contributed by atoms with Gasteiger partial charge in [0.2, 0.25) is 11.9 Å². The molecule has 5 rings (SSSR count). The molecular formula is C29H25N5O4S2. The summed E-state index contributed by atoms with van der Waals surface area (Å²) in [6, 6.07) is 27.0. The van der Waals surface area contributed by atoms with Gasteiger partial charge in [0.05, 0.1) is 10.6 Å². The van der Waals surface area contributed by atoms with Crippen molar-refractivity contribution >= 4 is 39.3 Å². The SMILES string of the molecule is Cc1cc(C)nc(NS(=O)(=O)c2ccc(NC(=O)CSc3nc(-c4ccccc4)c(-c4ccccc4)o3)cc2)n1. The Balaban J connectivity index is 1.24. The fraction of sp³-hybridized carbons (Fsp3) is 0.103. The third kappa shape index (κ3) is 6.56. The molecule has 2 N–H and O–H groups in total. The molecule has 0 atom stereocenters. The van der Waals surface area contributed by atoms with Crippen LogP contribution in [-0.2, 0) is 14.8 Å². The number of oxazole rings is 1. The first kappa shape index (κ1) is 27.1. The van der Waals surface area contributed by atoms with Crippen molar-refractivity contribution in [2.45, 2.75) is 24.0 Å². The lowest BCUT2D eigenvalue weighted by Gasteiger charge is -2.09. The summed E-state index contributed by atoms with van der Waals surface area (Å²) in [4.78, 5) is 25.6. The topological polar surface area (TPSA) is 127 Å². The Morgan fingerprint density at radius 1 is 0.825 bits per heavy atom. The summed E-state index contributed by atoms with van der Waals surface area (Å²) < 4.78 is 34.0. The molecule has 0 fully saturated rings. The number of nitrogens with zero attached hydrogens (tertiary/aromatic N) is 3. The molecule has 40 heavy (non-hydrogen) atoms. The summed E-state index contributed by atoms with van der Waals surface area (Å²) in [6.45, 7) is 3.52. The number of hydrogen-bond donors (Lipinski definition) is 2. The van der Waals surface area contributed by atoms with Gasteiger partial charge in [0.1, 0.15) is 5.69 Å². The van der Waals surface area contributed by atoms with E-state index in [0.717, 1.165) is 11.1 Å². The van der Waals surface area contributed by atoms with E-state index >= 15 is 0 Å². The summed E-state index contributed by atoms with van der Waals surface area (Å²) >= 11 is 1.17. The quantitative estimate of drug-likeness (QED) is 0.208. The second kappa shape index (κ2) is 11.7. The highest BCUT2D eigenvalue weighted by Crippen LogP contribution is 2.35. The van der Waals surface area contributed by atoms with Gasteiger partial charge < -0.3 is 9.73 Å². The van der Waals surface area contributed by atoms with Gasteiger partial charge in [-0.1, -0.05) is 72.4 Å². The molecule has 9 nitrogen and oxygen atoms in total. The van der Waals surface area contributed by atoms with Crippen LogP contribution in [0.5, 0.6) is 0 Å². The van der Waals surface area contributed by atoms with E-state index in [9.17, 15) is 13.2 Å². The molecule has 202 valence electrons. The fourth-order valence-corrected chi connectivity index (χ4v) is 5.50. The van der Waals surface area contributed by atoms with Crippen molar-refractivity contribution in [3.8, 4) is 22.6 Å². The number of nitrogens with one attached hydrogen (secondary N) is 2. The number of hydrogen-bond acceptors (Lipinski definition) is 8. The summed E-state index contributed by atoms with van der Waals surface area (Å²) in [7, 11) is -3.90. The molecule has 0 saturated heterocycles. The highest BCUT2D eigenvalue weighted by atomic mass is 32.2. The third-order valence-corrected chi connectivity index (χ3v) is 7.85. The number of benzene rings is 3. The highest BCUT2D eigenvalue weighted by Gasteiger charge is 2.19. The molecule has 0 saturated carbocycles. The molecule has 3 aromatic carbocycles. The minimum atomic E-state index is -3.90. The van der Waals surface area contributed by atoms with Crippen LogP contribution < -0.4 is 10.0 Å². The molecule has 2 aromatic heterocycles. The Kier molecular flexibility index (Phi) is 7.94. The van der Waals surface area contributed by atoms with E-state index in [1.807, 2.05) is 60.7 Å². The van der Waals surface area contributed by atoms with Gasteiger partial charge in [-0.05, 0) is 44.2 Å². The van der Waals surface area contributed by atoms with E-state index in [1.165, 1.54) is 36.0 Å². The zero-order valence-corrected chi connectivity index (χ0v) is 23.3. The Morgan fingerprint density at radius 2 is 1.43 bits per heavy atom. The van der Waals surface area contributed by atoms with Crippen LogP contribution in [0.4, 0.5) is 11.6 Å². The maximum absolute atomic E-state index is 12.8. The average Bonchev–Trinajstić information content (AvgIpc) is 3.37. The van der Waals surface area contributed by atoms with E-state index in [1.54, 1.807) is 19.9 Å². The minimum absolute atomic E-state index is 0.00397. The van der Waals surface area contributed by atoms with Crippen molar-refractivity contribution in [1.82, 2.24) is 15.0 Å². The second-order valence-corrected chi connectivity index (χ2v) is 11.4. The van der Waals surface area contributed by atoms with Gasteiger partial charge in [0, 0.05) is 28.2 Å². The molecule has 0 aliphatic rings. The standard InChI is InChI=1S/C29H25N5O4S2/c1-19-17-20(2)31-28(30-19)34-40(36,37)24-15-13-23(14-16-24)32-25(35)18-39-29-33-26(21-9-5-3-6-10-21)27(38-29)22-11-7-4-8-12-22/h3-17H,18H2,1-2H3,(H,32,35)(H,30,31,34). The number of amides is 1. The molecule has 0 bridgehead atoms. The van der Waals surface area contributed by atoms with Crippen molar-refractivity contribution in [1.29, 1.82) is 0 Å². The number of anilines is 2. The molecule has 2 heterocycles. The molecule has 0 spiro atoms. The Morgan fingerprint density at radius 3 is 2.05 bits per heavy atom. The van der Waals surface area contributed by atoms with Crippen molar-refractivity contribution < 1.29 is 17.6 Å². The average molecular weight is 572 g/mol. The van der Waals surface area contributed by atoms with Crippen LogP contribution in [-0.4, -0.2) is 35.0 Å². The van der Waals surface area contributed by atoms with E-state index < -0.39 is 10.0 Å². The molecule has 11 heteroatoms. The Labute approximate surface area is 236 Å². The summed E-state index contributed by atoms with van der Waals surface area (Å²) in [5, 5.41) is 3.14. The van der Waals surface area contributed by atoms with Gasteiger partial charge in [-0.2, -0.15) is 0 Å². The molecule has 1 amide bonds. The maximum atomic E-state index is 12.8. The first-order valence-electron chi connectivity index (χ1n) is 12.3. The molecular weight excluding hydrogens is 546 g/mol. The lowest BCUT2D eigenvalue weighted by atomic mass is 10.1. The number of rotatable bonds is 9. The van der Waals surface area contributed by atoms with E-state index in [-0.39, 0.29) is 22.5 Å². The van der Waals surface area contributed by atoms with Crippen molar-refractivity contribution in [2.75, 3.05) is 15.8 Å². The van der Waals surface area contributed by atoms with Crippen LogP contribution in [0.15, 0.2) is 106 Å². The number of aryl methyl sites for hydroxylation is 2. The highest BCUT2D eigenvalue weighted by molar-refractivity contribution is 7.99. The third-order valence-electron chi connectivity index (χ3n) is 5.67. The van der Waals surface area contributed by atoms with Crippen molar-refractivity contribution in [3.05, 3.63) is 102 Å². The minimum Gasteiger partial charge on any atom is -0.431 e. The summed E-state index contributed by atoms with van der Waals surface area (Å²) in [5.74, 6) is 0.396. The van der Waals surface area contributed by atoms with Gasteiger partial charge in [-0.3, -0.25) is 4.79 Å². The Bertz CT molecular complexity index is 1660. The van der Waals surface area contributed by atoms with Crippen LogP contribution in [0.2, 0.25) is 0 Å². The molecule has 0 radical (unpaired) electrons. The number of sulfonamides is 1. The number of carbonyl (C=O) groups excluding carboxylic acids is 1. The number of thioether (sulfide) groups is 1. The smallest absolute Gasteiger partial charge is 0.264 e. The van der Waals surface area contributed by atoms with Gasteiger partial charge in [0.15, 0.2) is 5.76 Å².